The van der Waals surface area contributed by atoms with Gasteiger partial charge in [-0.2, -0.15) is 0 Å². The highest BCUT2D eigenvalue weighted by Crippen LogP contribution is 2.56. The zero-order valence-electron chi connectivity index (χ0n) is 9.46. The molecule has 1 aromatic carbocycles. The minimum Gasteiger partial charge on any atom is -0.294 e. The average molecular weight is 253 g/mol. The summed E-state index contributed by atoms with van der Waals surface area (Å²) in [7, 11) is 0. The van der Waals surface area contributed by atoms with Crippen molar-refractivity contribution in [3.8, 4) is 0 Å². The van der Waals surface area contributed by atoms with Crippen LogP contribution in [0.2, 0.25) is 5.02 Å². The molecule has 2 saturated carbocycles. The zero-order valence-corrected chi connectivity index (χ0v) is 10.2. The van der Waals surface area contributed by atoms with Crippen LogP contribution >= 0.6 is 11.6 Å². The highest BCUT2D eigenvalue weighted by molar-refractivity contribution is 6.34. The van der Waals surface area contributed by atoms with E-state index in [0.717, 1.165) is 12.8 Å². The van der Waals surface area contributed by atoms with Gasteiger partial charge in [-0.15, -0.1) is 0 Å². The van der Waals surface area contributed by atoms with Crippen molar-refractivity contribution in [2.24, 2.45) is 17.8 Å². The molecular weight excluding hydrogens is 239 g/mol. The molecule has 0 bridgehead atoms. The lowest BCUT2D eigenvalue weighted by molar-refractivity contribution is 0.0956. The molecule has 0 aromatic heterocycles. The van der Waals surface area contributed by atoms with Gasteiger partial charge in [0.15, 0.2) is 5.78 Å². The molecule has 2 fully saturated rings. The standard InChI is InChI=1S/C14H14ClFO/c15-12-6-5-8(16)7-11(12)14(17)13-9-3-1-2-4-10(9)13/h5-7,9-10,13H,1-4H2. The average Bonchev–Trinajstić information content (AvgIpc) is 3.05. The molecule has 0 radical (unpaired) electrons. The lowest BCUT2D eigenvalue weighted by Gasteiger charge is -2.04. The van der Waals surface area contributed by atoms with Gasteiger partial charge >= 0.3 is 0 Å². The number of fused-ring (bicyclic) bond motifs is 1. The number of hydrogen-bond donors (Lipinski definition) is 0. The Morgan fingerprint density at radius 2 is 1.88 bits per heavy atom. The van der Waals surface area contributed by atoms with Crippen LogP contribution in [0.3, 0.4) is 0 Å². The Morgan fingerprint density at radius 1 is 1.24 bits per heavy atom. The summed E-state index contributed by atoms with van der Waals surface area (Å²) in [5.74, 6) is 0.843. The van der Waals surface area contributed by atoms with E-state index in [1.165, 1.54) is 31.0 Å². The van der Waals surface area contributed by atoms with Gasteiger partial charge in [-0.25, -0.2) is 4.39 Å². The predicted molar refractivity (Wildman–Crippen MR) is 64.7 cm³/mol. The molecule has 2 unspecified atom stereocenters. The monoisotopic (exact) mass is 252 g/mol. The maximum absolute atomic E-state index is 13.2. The second-order valence-corrected chi connectivity index (χ2v) is 5.53. The molecule has 0 spiro atoms. The van der Waals surface area contributed by atoms with Gasteiger partial charge in [-0.1, -0.05) is 24.4 Å². The van der Waals surface area contributed by atoms with Gasteiger partial charge in [0.25, 0.3) is 0 Å². The summed E-state index contributed by atoms with van der Waals surface area (Å²) < 4.78 is 13.2. The van der Waals surface area contributed by atoms with E-state index >= 15 is 0 Å². The molecule has 0 amide bonds. The molecular formula is C14H14ClFO. The SMILES string of the molecule is O=C(c1cc(F)ccc1Cl)C1C2CCCCC21. The topological polar surface area (TPSA) is 17.1 Å². The lowest BCUT2D eigenvalue weighted by Crippen LogP contribution is -2.05. The first-order valence-electron chi connectivity index (χ1n) is 6.18. The molecule has 1 aromatic rings. The van der Waals surface area contributed by atoms with Gasteiger partial charge in [0.1, 0.15) is 5.82 Å². The van der Waals surface area contributed by atoms with Gasteiger partial charge < -0.3 is 0 Å². The minimum atomic E-state index is -0.388. The van der Waals surface area contributed by atoms with Crippen LogP contribution in [-0.2, 0) is 0 Å². The van der Waals surface area contributed by atoms with E-state index in [0.29, 0.717) is 22.4 Å². The van der Waals surface area contributed by atoms with Gasteiger partial charge in [0.05, 0.1) is 5.02 Å². The van der Waals surface area contributed by atoms with Crippen LogP contribution in [0.1, 0.15) is 36.0 Å². The predicted octanol–water partition coefficient (Wildman–Crippen LogP) is 4.10. The Bertz CT molecular complexity index is 459. The van der Waals surface area contributed by atoms with E-state index in [-0.39, 0.29) is 17.5 Å². The van der Waals surface area contributed by atoms with Gasteiger partial charge in [-0.3, -0.25) is 4.79 Å². The quantitative estimate of drug-likeness (QED) is 0.725. The fraction of sp³-hybridized carbons (Fsp3) is 0.500. The molecule has 1 nitrogen and oxygen atoms in total. The van der Waals surface area contributed by atoms with E-state index in [1.807, 2.05) is 0 Å². The molecule has 3 heteroatoms. The number of carbonyl (C=O) groups is 1. The number of rotatable bonds is 2. The Kier molecular flexibility index (Phi) is 2.70. The van der Waals surface area contributed by atoms with Crippen molar-refractivity contribution in [3.05, 3.63) is 34.6 Å². The summed E-state index contributed by atoms with van der Waals surface area (Å²) in [6.07, 6.45) is 4.74. The molecule has 2 aliphatic carbocycles. The number of ketones is 1. The maximum atomic E-state index is 13.2. The molecule has 0 saturated heterocycles. The first-order valence-corrected chi connectivity index (χ1v) is 6.55. The maximum Gasteiger partial charge on any atom is 0.168 e. The third kappa shape index (κ3) is 1.89. The van der Waals surface area contributed by atoms with Gasteiger partial charge in [0, 0.05) is 11.5 Å². The van der Waals surface area contributed by atoms with Gasteiger partial charge in [0.2, 0.25) is 0 Å². The highest BCUT2D eigenvalue weighted by atomic mass is 35.5. The summed E-state index contributed by atoms with van der Waals surface area (Å²) in [5.41, 5.74) is 0.367. The molecule has 2 atom stereocenters. The fourth-order valence-corrected chi connectivity index (χ4v) is 3.46. The highest BCUT2D eigenvalue weighted by Gasteiger charge is 2.54. The first-order chi connectivity index (χ1) is 8.18. The van der Waals surface area contributed by atoms with Crippen LogP contribution in [0, 0.1) is 23.6 Å². The van der Waals surface area contributed by atoms with Crippen LogP contribution < -0.4 is 0 Å². The van der Waals surface area contributed by atoms with Crippen LogP contribution in [0.25, 0.3) is 0 Å². The van der Waals surface area contributed by atoms with E-state index in [9.17, 15) is 9.18 Å². The van der Waals surface area contributed by atoms with Crippen molar-refractivity contribution in [1.82, 2.24) is 0 Å². The van der Waals surface area contributed by atoms with E-state index in [1.54, 1.807) is 0 Å². The Hall–Kier alpha value is -0.890. The molecule has 3 rings (SSSR count). The largest absolute Gasteiger partial charge is 0.294 e. The third-order valence-electron chi connectivity index (χ3n) is 4.15. The molecule has 0 N–H and O–H groups in total. The summed E-state index contributed by atoms with van der Waals surface area (Å²) >= 11 is 5.97. The second-order valence-electron chi connectivity index (χ2n) is 5.13. The van der Waals surface area contributed by atoms with Crippen molar-refractivity contribution in [3.63, 3.8) is 0 Å². The summed E-state index contributed by atoms with van der Waals surface area (Å²) in [4.78, 5) is 12.3. The third-order valence-corrected chi connectivity index (χ3v) is 4.48. The first kappa shape index (κ1) is 11.2. The number of halogens is 2. The van der Waals surface area contributed by atoms with Crippen LogP contribution in [0.15, 0.2) is 18.2 Å². The Labute approximate surface area is 105 Å². The van der Waals surface area contributed by atoms with E-state index in [4.69, 9.17) is 11.6 Å². The van der Waals surface area contributed by atoms with E-state index in [2.05, 4.69) is 0 Å². The normalized spacial score (nSPS) is 30.8. The number of carbonyl (C=O) groups excluding carboxylic acids is 1. The molecule has 17 heavy (non-hydrogen) atoms. The van der Waals surface area contributed by atoms with Crippen molar-refractivity contribution >= 4 is 17.4 Å². The smallest absolute Gasteiger partial charge is 0.168 e. The molecule has 90 valence electrons. The lowest BCUT2D eigenvalue weighted by atomic mass is 10.0. The molecule has 0 heterocycles. The minimum absolute atomic E-state index is 0.0476. The van der Waals surface area contributed by atoms with Crippen molar-refractivity contribution < 1.29 is 9.18 Å². The summed E-state index contributed by atoms with van der Waals surface area (Å²) in [5, 5.41) is 0.375. The van der Waals surface area contributed by atoms with Crippen molar-refractivity contribution in [2.45, 2.75) is 25.7 Å². The van der Waals surface area contributed by atoms with Crippen LogP contribution in [0.5, 0.6) is 0 Å². The number of Topliss-reactive ketones (excluding diaryl/α,β-unsaturated/α-hetero) is 1. The summed E-state index contributed by atoms with van der Waals surface area (Å²) in [6, 6.07) is 4.03. The summed E-state index contributed by atoms with van der Waals surface area (Å²) in [6.45, 7) is 0. The molecule has 2 aliphatic rings. The number of benzene rings is 1. The Morgan fingerprint density at radius 3 is 2.53 bits per heavy atom. The van der Waals surface area contributed by atoms with E-state index < -0.39 is 0 Å². The van der Waals surface area contributed by atoms with Crippen molar-refractivity contribution in [1.29, 1.82) is 0 Å². The molecule has 0 aliphatic heterocycles. The van der Waals surface area contributed by atoms with Crippen LogP contribution in [0.4, 0.5) is 4.39 Å². The van der Waals surface area contributed by atoms with Crippen LogP contribution in [-0.4, -0.2) is 5.78 Å². The fourth-order valence-electron chi connectivity index (χ4n) is 3.25. The van der Waals surface area contributed by atoms with Crippen molar-refractivity contribution in [2.75, 3.05) is 0 Å². The number of hydrogen-bond acceptors (Lipinski definition) is 1. The second kappa shape index (κ2) is 4.09. The zero-order chi connectivity index (χ0) is 12.0. The Balaban J connectivity index is 1.85. The van der Waals surface area contributed by atoms with Gasteiger partial charge in [-0.05, 0) is 42.9 Å².